The van der Waals surface area contributed by atoms with Crippen LogP contribution in [0.1, 0.15) is 23.6 Å². The second-order valence-electron chi connectivity index (χ2n) is 3.99. The van der Waals surface area contributed by atoms with Gasteiger partial charge < -0.3 is 0 Å². The fourth-order valence-corrected chi connectivity index (χ4v) is 1.92. The van der Waals surface area contributed by atoms with Gasteiger partial charge in [0.1, 0.15) is 0 Å². The van der Waals surface area contributed by atoms with Gasteiger partial charge in [0, 0.05) is 19.0 Å². The van der Waals surface area contributed by atoms with E-state index in [0.717, 1.165) is 19.6 Å². The van der Waals surface area contributed by atoms with Gasteiger partial charge in [-0.3, -0.25) is 4.90 Å². The van der Waals surface area contributed by atoms with Gasteiger partial charge in [-0.15, -0.1) is 11.6 Å². The quantitative estimate of drug-likeness (QED) is 0.695. The first-order chi connectivity index (χ1) is 7.17. The molecule has 0 amide bonds. The predicted octanol–water partition coefficient (Wildman–Crippen LogP) is 3.36. The molecule has 0 aliphatic carbocycles. The minimum atomic E-state index is 0.707. The molecule has 0 fully saturated rings. The van der Waals surface area contributed by atoms with Crippen LogP contribution in [0.25, 0.3) is 0 Å². The highest BCUT2D eigenvalue weighted by Crippen LogP contribution is 2.13. The molecule has 0 aliphatic heterocycles. The normalized spacial score (nSPS) is 11.0. The van der Waals surface area contributed by atoms with Gasteiger partial charge in [-0.1, -0.05) is 30.7 Å². The summed E-state index contributed by atoms with van der Waals surface area (Å²) in [5.74, 6) is 0.707. The summed E-state index contributed by atoms with van der Waals surface area (Å²) in [6, 6.07) is 6.63. The highest BCUT2D eigenvalue weighted by atomic mass is 35.5. The zero-order valence-electron chi connectivity index (χ0n) is 9.89. The van der Waals surface area contributed by atoms with E-state index in [4.69, 9.17) is 11.6 Å². The van der Waals surface area contributed by atoms with Gasteiger partial charge in [0.25, 0.3) is 0 Å². The van der Waals surface area contributed by atoms with Crippen molar-refractivity contribution in [3.8, 4) is 0 Å². The van der Waals surface area contributed by atoms with Crippen LogP contribution in [0.4, 0.5) is 0 Å². The molecule has 0 N–H and O–H groups in total. The Hall–Kier alpha value is -0.530. The Morgan fingerprint density at radius 1 is 1.27 bits per heavy atom. The van der Waals surface area contributed by atoms with Crippen LogP contribution in [0, 0.1) is 13.8 Å². The maximum Gasteiger partial charge on any atom is 0.0351 e. The Morgan fingerprint density at radius 2 is 2.00 bits per heavy atom. The lowest BCUT2D eigenvalue weighted by Gasteiger charge is -2.20. The molecule has 0 radical (unpaired) electrons. The van der Waals surface area contributed by atoms with Crippen molar-refractivity contribution in [1.82, 2.24) is 4.90 Å². The molecule has 0 atom stereocenters. The fraction of sp³-hybridized carbons (Fsp3) is 0.538. The number of rotatable bonds is 5. The first-order valence-electron chi connectivity index (χ1n) is 5.51. The van der Waals surface area contributed by atoms with Crippen LogP contribution in [0.3, 0.4) is 0 Å². The average Bonchev–Trinajstić information content (AvgIpc) is 2.22. The van der Waals surface area contributed by atoms with Crippen molar-refractivity contribution < 1.29 is 0 Å². The third kappa shape index (κ3) is 3.84. The van der Waals surface area contributed by atoms with Crippen LogP contribution in [0.5, 0.6) is 0 Å². The maximum atomic E-state index is 5.77. The number of aryl methyl sites for hydroxylation is 2. The SMILES string of the molecule is CCN(CCCl)Cc1cc(C)ccc1C. The average molecular weight is 226 g/mol. The highest BCUT2D eigenvalue weighted by Gasteiger charge is 2.05. The summed E-state index contributed by atoms with van der Waals surface area (Å²) in [4.78, 5) is 2.37. The van der Waals surface area contributed by atoms with Crippen molar-refractivity contribution in [1.29, 1.82) is 0 Å². The molecule has 0 saturated heterocycles. The van der Waals surface area contributed by atoms with Crippen LogP contribution in [0.15, 0.2) is 18.2 Å². The second kappa shape index (κ2) is 6.14. The lowest BCUT2D eigenvalue weighted by molar-refractivity contribution is 0.297. The Morgan fingerprint density at radius 3 is 2.60 bits per heavy atom. The van der Waals surface area contributed by atoms with Crippen LogP contribution in [-0.2, 0) is 6.54 Å². The zero-order valence-corrected chi connectivity index (χ0v) is 10.6. The minimum absolute atomic E-state index is 0.707. The van der Waals surface area contributed by atoms with Crippen LogP contribution < -0.4 is 0 Å². The standard InChI is InChI=1S/C13H20ClN/c1-4-15(8-7-14)10-13-9-11(2)5-6-12(13)3/h5-6,9H,4,7-8,10H2,1-3H3. The predicted molar refractivity (Wildman–Crippen MR) is 67.6 cm³/mol. The van der Waals surface area contributed by atoms with Crippen molar-refractivity contribution in [2.45, 2.75) is 27.3 Å². The van der Waals surface area contributed by atoms with E-state index in [1.165, 1.54) is 16.7 Å². The molecule has 1 nitrogen and oxygen atoms in total. The lowest BCUT2D eigenvalue weighted by atomic mass is 10.1. The molecule has 1 aromatic carbocycles. The summed E-state index contributed by atoms with van der Waals surface area (Å²) < 4.78 is 0. The molecule has 0 saturated carbocycles. The molecule has 0 heterocycles. The van der Waals surface area contributed by atoms with Gasteiger partial charge in [0.2, 0.25) is 0 Å². The Labute approximate surface area is 98.0 Å². The molecule has 0 bridgehead atoms. The van der Waals surface area contributed by atoms with Gasteiger partial charge in [0.15, 0.2) is 0 Å². The maximum absolute atomic E-state index is 5.77. The number of alkyl halides is 1. The first-order valence-corrected chi connectivity index (χ1v) is 6.05. The van der Waals surface area contributed by atoms with E-state index in [-0.39, 0.29) is 0 Å². The minimum Gasteiger partial charge on any atom is -0.298 e. The molecule has 15 heavy (non-hydrogen) atoms. The van der Waals surface area contributed by atoms with Gasteiger partial charge in [-0.25, -0.2) is 0 Å². The first kappa shape index (κ1) is 12.5. The molecule has 2 heteroatoms. The summed E-state index contributed by atoms with van der Waals surface area (Å²) >= 11 is 5.77. The molecule has 0 unspecified atom stereocenters. The lowest BCUT2D eigenvalue weighted by Crippen LogP contribution is -2.25. The van der Waals surface area contributed by atoms with Crippen molar-refractivity contribution in [3.05, 3.63) is 34.9 Å². The van der Waals surface area contributed by atoms with E-state index in [1.807, 2.05) is 0 Å². The van der Waals surface area contributed by atoms with Crippen LogP contribution >= 0.6 is 11.6 Å². The topological polar surface area (TPSA) is 3.24 Å². The van der Waals surface area contributed by atoms with Crippen molar-refractivity contribution in [2.75, 3.05) is 19.0 Å². The summed E-state index contributed by atoms with van der Waals surface area (Å²) in [6.45, 7) is 9.52. The number of halogens is 1. The van der Waals surface area contributed by atoms with E-state index in [2.05, 4.69) is 43.9 Å². The van der Waals surface area contributed by atoms with Crippen molar-refractivity contribution >= 4 is 11.6 Å². The van der Waals surface area contributed by atoms with E-state index in [0.29, 0.717) is 5.88 Å². The Kier molecular flexibility index (Phi) is 5.13. The second-order valence-corrected chi connectivity index (χ2v) is 4.37. The molecular weight excluding hydrogens is 206 g/mol. The molecular formula is C13H20ClN. The van der Waals surface area contributed by atoms with E-state index < -0.39 is 0 Å². The van der Waals surface area contributed by atoms with Crippen molar-refractivity contribution in [3.63, 3.8) is 0 Å². The van der Waals surface area contributed by atoms with E-state index in [9.17, 15) is 0 Å². The molecule has 0 spiro atoms. The third-order valence-electron chi connectivity index (χ3n) is 2.75. The smallest absolute Gasteiger partial charge is 0.0351 e. The molecule has 1 rings (SSSR count). The molecule has 0 aromatic heterocycles. The summed E-state index contributed by atoms with van der Waals surface area (Å²) in [5, 5.41) is 0. The summed E-state index contributed by atoms with van der Waals surface area (Å²) in [5.41, 5.74) is 4.12. The summed E-state index contributed by atoms with van der Waals surface area (Å²) in [7, 11) is 0. The number of hydrogen-bond acceptors (Lipinski definition) is 1. The monoisotopic (exact) mass is 225 g/mol. The Bertz CT molecular complexity index is 309. The van der Waals surface area contributed by atoms with E-state index >= 15 is 0 Å². The largest absolute Gasteiger partial charge is 0.298 e. The molecule has 0 aliphatic rings. The van der Waals surface area contributed by atoms with Crippen LogP contribution in [-0.4, -0.2) is 23.9 Å². The van der Waals surface area contributed by atoms with Gasteiger partial charge in [0.05, 0.1) is 0 Å². The molecule has 84 valence electrons. The van der Waals surface area contributed by atoms with Crippen LogP contribution in [0.2, 0.25) is 0 Å². The number of hydrogen-bond donors (Lipinski definition) is 0. The van der Waals surface area contributed by atoms with Gasteiger partial charge >= 0.3 is 0 Å². The summed E-state index contributed by atoms with van der Waals surface area (Å²) in [6.07, 6.45) is 0. The third-order valence-corrected chi connectivity index (χ3v) is 2.92. The molecule has 1 aromatic rings. The fourth-order valence-electron chi connectivity index (χ4n) is 1.68. The number of benzene rings is 1. The van der Waals surface area contributed by atoms with Gasteiger partial charge in [-0.05, 0) is 31.5 Å². The van der Waals surface area contributed by atoms with Gasteiger partial charge in [-0.2, -0.15) is 0 Å². The van der Waals surface area contributed by atoms with Crippen molar-refractivity contribution in [2.24, 2.45) is 0 Å². The number of nitrogens with zero attached hydrogens (tertiary/aromatic N) is 1. The van der Waals surface area contributed by atoms with E-state index in [1.54, 1.807) is 0 Å². The Balaban J connectivity index is 2.73. The zero-order chi connectivity index (χ0) is 11.3. The highest BCUT2D eigenvalue weighted by molar-refractivity contribution is 6.18.